The molecule has 3 aromatic rings. The zero-order chi connectivity index (χ0) is 23.3. The number of hydrogen-bond acceptors (Lipinski definition) is 3. The molecule has 0 bridgehead atoms. The Bertz CT molecular complexity index is 1220. The van der Waals surface area contributed by atoms with Crippen LogP contribution in [0.1, 0.15) is 34.8 Å². The molecule has 8 heteroatoms. The molecule has 2 N–H and O–H groups in total. The number of sulfonamides is 1. The lowest BCUT2D eigenvalue weighted by molar-refractivity contribution is 0.102. The van der Waals surface area contributed by atoms with E-state index in [9.17, 15) is 22.0 Å². The first-order valence-electron chi connectivity index (χ1n) is 10.1. The fourth-order valence-electron chi connectivity index (χ4n) is 3.17. The summed E-state index contributed by atoms with van der Waals surface area (Å²) in [5.74, 6) is -2.28. The van der Waals surface area contributed by atoms with Crippen LogP contribution in [0, 0.1) is 18.6 Å². The first-order valence-corrected chi connectivity index (χ1v) is 11.6. The Labute approximate surface area is 186 Å². The van der Waals surface area contributed by atoms with E-state index >= 15 is 0 Å². The minimum Gasteiger partial charge on any atom is -0.322 e. The number of carbonyl (C=O) groups excluding carboxylic acids is 1. The van der Waals surface area contributed by atoms with Crippen molar-refractivity contribution in [1.82, 2.24) is 4.72 Å². The van der Waals surface area contributed by atoms with Crippen LogP contribution in [-0.2, 0) is 16.4 Å². The van der Waals surface area contributed by atoms with E-state index < -0.39 is 33.1 Å². The fraction of sp³-hybridized carbons (Fsp3) is 0.208. The Kier molecular flexibility index (Phi) is 7.37. The molecule has 0 fully saturated rings. The van der Waals surface area contributed by atoms with Gasteiger partial charge in [0, 0.05) is 11.7 Å². The van der Waals surface area contributed by atoms with Crippen molar-refractivity contribution in [3.05, 3.63) is 95.1 Å². The normalized spacial score (nSPS) is 12.4. The monoisotopic (exact) mass is 458 g/mol. The molecule has 3 aromatic carbocycles. The summed E-state index contributed by atoms with van der Waals surface area (Å²) in [6.45, 7) is 3.43. The number of anilines is 1. The average Bonchev–Trinajstić information content (AvgIpc) is 2.76. The second-order valence-electron chi connectivity index (χ2n) is 7.48. The van der Waals surface area contributed by atoms with Gasteiger partial charge in [0.25, 0.3) is 5.91 Å². The number of aryl methyl sites for hydroxylation is 1. The Morgan fingerprint density at radius 1 is 0.969 bits per heavy atom. The number of amides is 1. The molecule has 32 heavy (non-hydrogen) atoms. The highest BCUT2D eigenvalue weighted by molar-refractivity contribution is 7.89. The van der Waals surface area contributed by atoms with Gasteiger partial charge in [-0.05, 0) is 61.2 Å². The molecule has 0 saturated carbocycles. The summed E-state index contributed by atoms with van der Waals surface area (Å²) >= 11 is 0. The van der Waals surface area contributed by atoms with Crippen LogP contribution in [0.15, 0.2) is 71.6 Å². The summed E-state index contributed by atoms with van der Waals surface area (Å²) < 4.78 is 56.5. The van der Waals surface area contributed by atoms with Gasteiger partial charge >= 0.3 is 0 Å². The zero-order valence-corrected chi connectivity index (χ0v) is 18.5. The molecular formula is C24H24F2N2O3S. The van der Waals surface area contributed by atoms with Gasteiger partial charge in [0.2, 0.25) is 10.0 Å². The molecule has 0 aliphatic carbocycles. The van der Waals surface area contributed by atoms with Crippen molar-refractivity contribution in [3.63, 3.8) is 0 Å². The third-order valence-corrected chi connectivity index (χ3v) is 6.58. The molecule has 0 aromatic heterocycles. The van der Waals surface area contributed by atoms with Crippen molar-refractivity contribution >= 4 is 21.6 Å². The van der Waals surface area contributed by atoms with Gasteiger partial charge in [-0.15, -0.1) is 0 Å². The van der Waals surface area contributed by atoms with Crippen LogP contribution in [0.2, 0.25) is 0 Å². The maximum Gasteiger partial charge on any atom is 0.258 e. The van der Waals surface area contributed by atoms with Crippen molar-refractivity contribution in [2.45, 2.75) is 37.6 Å². The van der Waals surface area contributed by atoms with Gasteiger partial charge in [-0.3, -0.25) is 4.79 Å². The van der Waals surface area contributed by atoms with Gasteiger partial charge in [-0.1, -0.05) is 43.3 Å². The molecule has 0 saturated heterocycles. The lowest BCUT2D eigenvalue weighted by atomic mass is 10.1. The highest BCUT2D eigenvalue weighted by Gasteiger charge is 2.22. The van der Waals surface area contributed by atoms with E-state index in [2.05, 4.69) is 10.0 Å². The fourth-order valence-corrected chi connectivity index (χ4v) is 4.52. The van der Waals surface area contributed by atoms with Crippen LogP contribution < -0.4 is 10.0 Å². The van der Waals surface area contributed by atoms with Crippen molar-refractivity contribution in [2.75, 3.05) is 5.32 Å². The van der Waals surface area contributed by atoms with Crippen molar-refractivity contribution in [3.8, 4) is 0 Å². The molecule has 0 aliphatic rings. The molecule has 0 heterocycles. The number of halogens is 2. The Balaban J connectivity index is 1.81. The van der Waals surface area contributed by atoms with E-state index in [1.54, 1.807) is 6.92 Å². The molecule has 5 nitrogen and oxygen atoms in total. The van der Waals surface area contributed by atoms with E-state index in [1.165, 1.54) is 12.1 Å². The molecule has 0 aliphatic heterocycles. The Morgan fingerprint density at radius 2 is 1.69 bits per heavy atom. The molecule has 168 valence electrons. The lowest BCUT2D eigenvalue weighted by Crippen LogP contribution is -2.36. The smallest absolute Gasteiger partial charge is 0.258 e. The maximum absolute atomic E-state index is 14.3. The van der Waals surface area contributed by atoms with Crippen LogP contribution in [0.25, 0.3) is 0 Å². The summed E-state index contributed by atoms with van der Waals surface area (Å²) in [6.07, 6.45) is 1.03. The Morgan fingerprint density at radius 3 is 2.34 bits per heavy atom. The molecular weight excluding hydrogens is 434 g/mol. The first-order chi connectivity index (χ1) is 15.2. The number of nitrogens with one attached hydrogen (secondary N) is 2. The van der Waals surface area contributed by atoms with E-state index in [0.717, 1.165) is 29.8 Å². The van der Waals surface area contributed by atoms with Crippen molar-refractivity contribution in [2.24, 2.45) is 0 Å². The summed E-state index contributed by atoms with van der Waals surface area (Å²) in [7, 11) is -4.01. The second-order valence-corrected chi connectivity index (χ2v) is 9.19. The molecule has 0 unspecified atom stereocenters. The van der Waals surface area contributed by atoms with E-state index in [0.29, 0.717) is 18.4 Å². The predicted molar refractivity (Wildman–Crippen MR) is 120 cm³/mol. The van der Waals surface area contributed by atoms with Crippen molar-refractivity contribution in [1.29, 1.82) is 0 Å². The van der Waals surface area contributed by atoms with E-state index in [4.69, 9.17) is 0 Å². The minimum absolute atomic E-state index is 0.137. The van der Waals surface area contributed by atoms with Crippen LogP contribution in [0.4, 0.5) is 14.5 Å². The average molecular weight is 459 g/mol. The number of rotatable bonds is 8. The number of hydrogen-bond donors (Lipinski definition) is 2. The quantitative estimate of drug-likeness (QED) is 0.508. The summed E-state index contributed by atoms with van der Waals surface area (Å²) in [6, 6.07) is 16.2. The lowest BCUT2D eigenvalue weighted by Gasteiger charge is -2.18. The van der Waals surface area contributed by atoms with Crippen LogP contribution in [0.3, 0.4) is 0 Å². The maximum atomic E-state index is 14.3. The topological polar surface area (TPSA) is 75.3 Å². The second kappa shape index (κ2) is 10.0. The van der Waals surface area contributed by atoms with Crippen LogP contribution in [0.5, 0.6) is 0 Å². The highest BCUT2D eigenvalue weighted by atomic mass is 32.2. The molecule has 1 atom stereocenters. The highest BCUT2D eigenvalue weighted by Crippen LogP contribution is 2.20. The zero-order valence-electron chi connectivity index (χ0n) is 17.7. The Hall–Kier alpha value is -3.10. The largest absolute Gasteiger partial charge is 0.322 e. The molecule has 1 amide bonds. The molecule has 3 rings (SSSR count). The van der Waals surface area contributed by atoms with E-state index in [1.807, 2.05) is 37.3 Å². The standard InChI is InChI=1S/C24H24F2N2O3S/c1-3-18(13-17-7-5-4-6-8-17)28-32(30,31)20-11-12-22(25)21(15-20)24(29)27-19-10-9-16(2)23(26)14-19/h4-12,14-15,18,28H,3,13H2,1-2H3,(H,27,29)/t18-/m0/s1. The first kappa shape index (κ1) is 23.6. The summed E-state index contributed by atoms with van der Waals surface area (Å²) in [5, 5.41) is 2.40. The number of benzene rings is 3. The third kappa shape index (κ3) is 5.77. The minimum atomic E-state index is -4.01. The van der Waals surface area contributed by atoms with Gasteiger partial charge in [0.1, 0.15) is 11.6 Å². The van der Waals surface area contributed by atoms with Crippen molar-refractivity contribution < 1.29 is 22.0 Å². The summed E-state index contributed by atoms with van der Waals surface area (Å²) in [5.41, 5.74) is 1.06. The molecule has 0 spiro atoms. The summed E-state index contributed by atoms with van der Waals surface area (Å²) in [4.78, 5) is 12.3. The van der Waals surface area contributed by atoms with Gasteiger partial charge in [0.15, 0.2) is 0 Å². The van der Waals surface area contributed by atoms with Gasteiger partial charge in [-0.2, -0.15) is 0 Å². The SMILES string of the molecule is CC[C@@H](Cc1ccccc1)NS(=O)(=O)c1ccc(F)c(C(=O)Nc2ccc(C)c(F)c2)c1. The van der Waals surface area contributed by atoms with Crippen LogP contribution >= 0.6 is 0 Å². The van der Waals surface area contributed by atoms with Gasteiger partial charge < -0.3 is 5.32 Å². The van der Waals surface area contributed by atoms with E-state index in [-0.39, 0.29) is 16.6 Å². The third-order valence-electron chi connectivity index (χ3n) is 5.06. The predicted octanol–water partition coefficient (Wildman–Crippen LogP) is 4.83. The van der Waals surface area contributed by atoms with Gasteiger partial charge in [0.05, 0.1) is 10.5 Å². The van der Waals surface area contributed by atoms with Crippen LogP contribution in [-0.4, -0.2) is 20.4 Å². The molecule has 0 radical (unpaired) electrons. The number of carbonyl (C=O) groups is 1. The van der Waals surface area contributed by atoms with Gasteiger partial charge in [-0.25, -0.2) is 21.9 Å².